The molecule has 146 valence electrons. The number of fused-ring (bicyclic) bond motifs is 1. The van der Waals surface area contributed by atoms with E-state index in [1.807, 2.05) is 0 Å². The minimum atomic E-state index is -0.526. The van der Waals surface area contributed by atoms with Crippen LogP contribution in [0.2, 0.25) is 0 Å². The van der Waals surface area contributed by atoms with Crippen LogP contribution in [0.25, 0.3) is 0 Å². The lowest BCUT2D eigenvalue weighted by Gasteiger charge is -2.46. The number of hydrogen-bond acceptors (Lipinski definition) is 4. The van der Waals surface area contributed by atoms with E-state index >= 15 is 0 Å². The van der Waals surface area contributed by atoms with E-state index in [0.717, 1.165) is 44.6 Å². The molecule has 6 heteroatoms. The van der Waals surface area contributed by atoms with Gasteiger partial charge in [0.05, 0.1) is 12.0 Å². The molecule has 1 aliphatic carbocycles. The van der Waals surface area contributed by atoms with Crippen molar-refractivity contribution in [3.8, 4) is 0 Å². The van der Waals surface area contributed by atoms with E-state index in [9.17, 15) is 9.59 Å². The third-order valence-electron chi connectivity index (χ3n) is 6.11. The maximum absolute atomic E-state index is 13.2. The quantitative estimate of drug-likeness (QED) is 0.751. The van der Waals surface area contributed by atoms with Gasteiger partial charge in [-0.2, -0.15) is 0 Å². The predicted octanol–water partition coefficient (Wildman–Crippen LogP) is 1.91. The molecule has 2 heterocycles. The fourth-order valence-corrected chi connectivity index (χ4v) is 4.63. The average molecular weight is 364 g/mol. The molecular formula is C20H33N3O3. The summed E-state index contributed by atoms with van der Waals surface area (Å²) < 4.78 is 5.17. The Hall–Kier alpha value is -1.40. The van der Waals surface area contributed by atoms with Gasteiger partial charge in [-0.25, -0.2) is 0 Å². The summed E-state index contributed by atoms with van der Waals surface area (Å²) in [4.78, 5) is 29.9. The number of hydrogen-bond donors (Lipinski definition) is 1. The van der Waals surface area contributed by atoms with Crippen molar-refractivity contribution in [2.45, 2.75) is 51.4 Å². The number of allylic oxidation sites excluding steroid dienone is 1. The normalized spacial score (nSPS) is 27.0. The first kappa shape index (κ1) is 19.4. The molecule has 1 atom stereocenters. The highest BCUT2D eigenvalue weighted by Gasteiger charge is 2.49. The second-order valence-corrected chi connectivity index (χ2v) is 7.76. The van der Waals surface area contributed by atoms with Gasteiger partial charge in [0.1, 0.15) is 0 Å². The van der Waals surface area contributed by atoms with Gasteiger partial charge in [-0.05, 0) is 51.6 Å². The van der Waals surface area contributed by atoms with Gasteiger partial charge < -0.3 is 19.9 Å². The summed E-state index contributed by atoms with van der Waals surface area (Å²) in [5.74, 6) is 0.224. The number of likely N-dealkylation sites (tertiary alicyclic amines) is 2. The summed E-state index contributed by atoms with van der Waals surface area (Å²) in [6.07, 6.45) is 9.83. The molecule has 0 spiro atoms. The van der Waals surface area contributed by atoms with Crippen molar-refractivity contribution in [3.63, 3.8) is 0 Å². The molecule has 1 N–H and O–H groups in total. The number of ether oxygens (including phenoxy) is 1. The van der Waals surface area contributed by atoms with Crippen molar-refractivity contribution >= 4 is 11.8 Å². The van der Waals surface area contributed by atoms with Crippen molar-refractivity contribution < 1.29 is 14.3 Å². The van der Waals surface area contributed by atoms with Gasteiger partial charge in [0, 0.05) is 38.9 Å². The predicted molar refractivity (Wildman–Crippen MR) is 100 cm³/mol. The molecule has 0 aromatic carbocycles. The average Bonchev–Trinajstić information content (AvgIpc) is 2.68. The number of amides is 2. The molecule has 0 bridgehead atoms. The smallest absolute Gasteiger partial charge is 0.232 e. The van der Waals surface area contributed by atoms with Gasteiger partial charge in [0.15, 0.2) is 0 Å². The molecule has 6 nitrogen and oxygen atoms in total. The lowest BCUT2D eigenvalue weighted by molar-refractivity contribution is -0.141. The highest BCUT2D eigenvalue weighted by molar-refractivity contribution is 5.91. The van der Waals surface area contributed by atoms with E-state index in [0.29, 0.717) is 32.5 Å². The molecule has 0 saturated carbocycles. The van der Waals surface area contributed by atoms with Crippen molar-refractivity contribution in [1.82, 2.24) is 15.1 Å². The van der Waals surface area contributed by atoms with Gasteiger partial charge in [-0.1, -0.05) is 12.5 Å². The molecule has 0 aromatic rings. The zero-order valence-corrected chi connectivity index (χ0v) is 16.1. The second-order valence-electron chi connectivity index (χ2n) is 7.76. The number of carbonyl (C=O) groups excluding carboxylic acids is 2. The molecule has 2 amide bonds. The molecule has 3 rings (SSSR count). The van der Waals surface area contributed by atoms with Crippen LogP contribution in [-0.4, -0.2) is 68.1 Å². The fourth-order valence-electron chi connectivity index (χ4n) is 4.63. The summed E-state index contributed by atoms with van der Waals surface area (Å²) >= 11 is 0. The van der Waals surface area contributed by atoms with Crippen LogP contribution < -0.4 is 5.32 Å². The Balaban J connectivity index is 1.64. The van der Waals surface area contributed by atoms with E-state index in [2.05, 4.69) is 16.3 Å². The SMILES string of the molecule is COCCN1C(=O)CCC2(C(=O)NCCN3CCCCC3)CCCC=C12. The van der Waals surface area contributed by atoms with Crippen LogP contribution in [0.3, 0.4) is 0 Å². The molecule has 2 fully saturated rings. The topological polar surface area (TPSA) is 61.9 Å². The molecule has 0 radical (unpaired) electrons. The maximum atomic E-state index is 13.2. The van der Waals surface area contributed by atoms with Crippen molar-refractivity contribution in [2.24, 2.45) is 5.41 Å². The zero-order valence-electron chi connectivity index (χ0n) is 16.1. The summed E-state index contributed by atoms with van der Waals surface area (Å²) in [5, 5.41) is 3.19. The lowest BCUT2D eigenvalue weighted by Crippen LogP contribution is -2.54. The van der Waals surface area contributed by atoms with Crippen LogP contribution in [-0.2, 0) is 14.3 Å². The van der Waals surface area contributed by atoms with E-state index in [1.165, 1.54) is 19.3 Å². The minimum Gasteiger partial charge on any atom is -0.383 e. The molecule has 2 aliphatic heterocycles. The van der Waals surface area contributed by atoms with E-state index in [-0.39, 0.29) is 11.8 Å². The van der Waals surface area contributed by atoms with Crippen LogP contribution in [0, 0.1) is 5.41 Å². The van der Waals surface area contributed by atoms with Gasteiger partial charge in [-0.3, -0.25) is 9.59 Å². The first-order chi connectivity index (χ1) is 12.7. The van der Waals surface area contributed by atoms with Gasteiger partial charge in [-0.15, -0.1) is 0 Å². The Morgan fingerprint density at radius 3 is 2.77 bits per heavy atom. The highest BCUT2D eigenvalue weighted by atomic mass is 16.5. The summed E-state index contributed by atoms with van der Waals surface area (Å²) in [6, 6.07) is 0. The molecule has 0 aromatic heterocycles. The summed E-state index contributed by atoms with van der Waals surface area (Å²) in [6.45, 7) is 4.93. The number of piperidine rings is 2. The van der Waals surface area contributed by atoms with E-state index in [1.54, 1.807) is 12.0 Å². The molecule has 3 aliphatic rings. The Labute approximate surface area is 156 Å². The van der Waals surface area contributed by atoms with E-state index < -0.39 is 5.41 Å². The van der Waals surface area contributed by atoms with Crippen molar-refractivity contribution in [1.29, 1.82) is 0 Å². The minimum absolute atomic E-state index is 0.107. The maximum Gasteiger partial charge on any atom is 0.232 e. The van der Waals surface area contributed by atoms with E-state index in [4.69, 9.17) is 4.74 Å². The first-order valence-corrected chi connectivity index (χ1v) is 10.2. The summed E-state index contributed by atoms with van der Waals surface area (Å²) in [7, 11) is 1.64. The number of nitrogens with zero attached hydrogens (tertiary/aromatic N) is 2. The number of methoxy groups -OCH3 is 1. The van der Waals surface area contributed by atoms with Gasteiger partial charge in [0.2, 0.25) is 11.8 Å². The number of nitrogens with one attached hydrogen (secondary N) is 1. The standard InChI is InChI=1S/C20H33N3O3/c1-26-16-15-23-17-7-3-4-9-20(17,10-8-18(23)24)19(25)21-11-14-22-12-5-2-6-13-22/h7H,2-6,8-16H2,1H3,(H,21,25). The third kappa shape index (κ3) is 4.12. The molecular weight excluding hydrogens is 330 g/mol. The molecule has 2 saturated heterocycles. The van der Waals surface area contributed by atoms with Gasteiger partial charge in [0.25, 0.3) is 0 Å². The number of rotatable bonds is 7. The van der Waals surface area contributed by atoms with Crippen LogP contribution >= 0.6 is 0 Å². The van der Waals surface area contributed by atoms with Crippen LogP contribution in [0.15, 0.2) is 11.8 Å². The van der Waals surface area contributed by atoms with Crippen LogP contribution in [0.1, 0.15) is 51.4 Å². The third-order valence-corrected chi connectivity index (χ3v) is 6.11. The highest BCUT2D eigenvalue weighted by Crippen LogP contribution is 2.46. The first-order valence-electron chi connectivity index (χ1n) is 10.2. The van der Waals surface area contributed by atoms with Crippen molar-refractivity contribution in [3.05, 3.63) is 11.8 Å². The van der Waals surface area contributed by atoms with Crippen molar-refractivity contribution in [2.75, 3.05) is 46.4 Å². The molecule has 1 unspecified atom stereocenters. The lowest BCUT2D eigenvalue weighted by atomic mass is 9.69. The second kappa shape index (κ2) is 9.00. The summed E-state index contributed by atoms with van der Waals surface area (Å²) in [5.41, 5.74) is 0.398. The Bertz CT molecular complexity index is 542. The monoisotopic (exact) mass is 363 g/mol. The van der Waals surface area contributed by atoms with Crippen LogP contribution in [0.5, 0.6) is 0 Å². The number of carbonyl (C=O) groups is 2. The Morgan fingerprint density at radius 2 is 2.00 bits per heavy atom. The molecule has 26 heavy (non-hydrogen) atoms. The zero-order chi connectivity index (χ0) is 18.4. The Kier molecular flexibility index (Phi) is 6.70. The van der Waals surface area contributed by atoms with Gasteiger partial charge >= 0.3 is 0 Å². The Morgan fingerprint density at radius 1 is 1.19 bits per heavy atom. The fraction of sp³-hybridized carbons (Fsp3) is 0.800. The van der Waals surface area contributed by atoms with Crippen LogP contribution in [0.4, 0.5) is 0 Å². The largest absolute Gasteiger partial charge is 0.383 e.